The maximum Gasteiger partial charge on any atom is 0.416 e. The highest BCUT2D eigenvalue weighted by Crippen LogP contribution is 2.51. The van der Waals surface area contributed by atoms with Gasteiger partial charge in [0, 0.05) is 11.6 Å². The molecule has 2 aliphatic rings. The van der Waals surface area contributed by atoms with E-state index in [1.807, 2.05) is 26.2 Å². The van der Waals surface area contributed by atoms with Crippen LogP contribution in [0, 0.1) is 11.8 Å². The number of benzene rings is 2. The third kappa shape index (κ3) is 6.09. The largest absolute Gasteiger partial charge is 0.489 e. The molecule has 2 aliphatic carbocycles. The molecule has 2 fully saturated rings. The minimum atomic E-state index is -4.33. The first kappa shape index (κ1) is 25.4. The molecule has 0 saturated heterocycles. The average Bonchev–Trinajstić information content (AvgIpc) is 2.76. The standard InChI is InChI=1S/C28H35ClF3NO/c1-33(2)19-26(34-25-13-9-23(10-14-25)28(30,31)32)21-6-3-5-20(17-21)18-27(15-4-16-27)22-7-11-24(29)12-8-22/h7-14,20-21,26H,3-6,15-19H2,1-2H3. The Hall–Kier alpha value is -1.72. The van der Waals surface area contributed by atoms with Crippen LogP contribution in [-0.4, -0.2) is 31.6 Å². The van der Waals surface area contributed by atoms with E-state index in [4.69, 9.17) is 16.3 Å². The lowest BCUT2D eigenvalue weighted by Crippen LogP contribution is -2.41. The molecule has 2 aromatic carbocycles. The quantitative estimate of drug-likeness (QED) is 0.369. The van der Waals surface area contributed by atoms with Gasteiger partial charge in [0.05, 0.1) is 5.56 Å². The molecule has 3 atom stereocenters. The van der Waals surface area contributed by atoms with Crippen molar-refractivity contribution in [2.24, 2.45) is 11.8 Å². The Kier molecular flexibility index (Phi) is 7.83. The molecule has 2 aromatic rings. The van der Waals surface area contributed by atoms with E-state index in [-0.39, 0.29) is 11.5 Å². The van der Waals surface area contributed by atoms with E-state index in [9.17, 15) is 13.2 Å². The summed E-state index contributed by atoms with van der Waals surface area (Å²) in [6.45, 7) is 0.751. The molecule has 0 amide bonds. The number of hydrogen-bond acceptors (Lipinski definition) is 2. The van der Waals surface area contributed by atoms with Crippen molar-refractivity contribution in [3.8, 4) is 5.75 Å². The third-order valence-corrected chi connectivity index (χ3v) is 8.06. The van der Waals surface area contributed by atoms with Crippen LogP contribution in [0.3, 0.4) is 0 Å². The zero-order chi connectivity index (χ0) is 24.3. The predicted molar refractivity (Wildman–Crippen MR) is 131 cm³/mol. The summed E-state index contributed by atoms with van der Waals surface area (Å²) in [7, 11) is 4.04. The van der Waals surface area contributed by atoms with Crippen molar-refractivity contribution in [2.75, 3.05) is 20.6 Å². The number of nitrogens with zero attached hydrogens (tertiary/aromatic N) is 1. The van der Waals surface area contributed by atoms with E-state index in [2.05, 4.69) is 17.0 Å². The van der Waals surface area contributed by atoms with Crippen molar-refractivity contribution >= 4 is 11.6 Å². The Morgan fingerprint density at radius 1 is 1.00 bits per heavy atom. The lowest BCUT2D eigenvalue weighted by molar-refractivity contribution is -0.137. The van der Waals surface area contributed by atoms with Crippen molar-refractivity contribution in [1.82, 2.24) is 4.90 Å². The predicted octanol–water partition coefficient (Wildman–Crippen LogP) is 7.99. The van der Waals surface area contributed by atoms with E-state index < -0.39 is 11.7 Å². The Balaban J connectivity index is 1.45. The highest BCUT2D eigenvalue weighted by molar-refractivity contribution is 6.30. The van der Waals surface area contributed by atoms with Gasteiger partial charge < -0.3 is 9.64 Å². The van der Waals surface area contributed by atoms with Gasteiger partial charge in [0.2, 0.25) is 0 Å². The molecule has 34 heavy (non-hydrogen) atoms. The highest BCUT2D eigenvalue weighted by Gasteiger charge is 2.42. The van der Waals surface area contributed by atoms with Crippen LogP contribution in [0.1, 0.15) is 62.5 Å². The van der Waals surface area contributed by atoms with E-state index in [1.54, 1.807) is 0 Å². The normalized spacial score (nSPS) is 23.4. The molecular formula is C28H35ClF3NO. The van der Waals surface area contributed by atoms with E-state index in [0.717, 1.165) is 36.5 Å². The molecule has 2 saturated carbocycles. The van der Waals surface area contributed by atoms with Gasteiger partial charge in [-0.05, 0) is 105 Å². The van der Waals surface area contributed by atoms with Gasteiger partial charge in [-0.1, -0.05) is 43.0 Å². The fraction of sp³-hybridized carbons (Fsp3) is 0.571. The fourth-order valence-corrected chi connectivity index (χ4v) is 6.09. The van der Waals surface area contributed by atoms with Crippen LogP contribution in [0.2, 0.25) is 5.02 Å². The lowest BCUT2D eigenvalue weighted by Gasteiger charge is -2.47. The zero-order valence-corrected chi connectivity index (χ0v) is 20.8. The van der Waals surface area contributed by atoms with Crippen LogP contribution < -0.4 is 4.74 Å². The maximum absolute atomic E-state index is 12.9. The van der Waals surface area contributed by atoms with Gasteiger partial charge in [-0.3, -0.25) is 0 Å². The summed E-state index contributed by atoms with van der Waals surface area (Å²) < 4.78 is 45.2. The Morgan fingerprint density at radius 2 is 1.68 bits per heavy atom. The summed E-state index contributed by atoms with van der Waals surface area (Å²) in [4.78, 5) is 2.11. The van der Waals surface area contributed by atoms with Gasteiger partial charge >= 0.3 is 6.18 Å². The molecule has 4 rings (SSSR count). The summed E-state index contributed by atoms with van der Waals surface area (Å²) in [5.41, 5.74) is 1.04. The van der Waals surface area contributed by atoms with E-state index >= 15 is 0 Å². The van der Waals surface area contributed by atoms with E-state index in [0.29, 0.717) is 17.6 Å². The van der Waals surface area contributed by atoms with Crippen LogP contribution in [-0.2, 0) is 11.6 Å². The van der Waals surface area contributed by atoms with Crippen molar-refractivity contribution in [3.05, 3.63) is 64.7 Å². The molecule has 0 bridgehead atoms. The monoisotopic (exact) mass is 493 g/mol. The van der Waals surface area contributed by atoms with Gasteiger partial charge in [0.25, 0.3) is 0 Å². The van der Waals surface area contributed by atoms with Gasteiger partial charge in [-0.2, -0.15) is 13.2 Å². The summed E-state index contributed by atoms with van der Waals surface area (Å²) in [5.74, 6) is 1.54. The Morgan fingerprint density at radius 3 is 2.24 bits per heavy atom. The molecule has 6 heteroatoms. The maximum atomic E-state index is 12.9. The molecule has 0 spiro atoms. The number of alkyl halides is 3. The molecule has 0 aromatic heterocycles. The molecule has 0 aliphatic heterocycles. The lowest BCUT2D eigenvalue weighted by atomic mass is 9.58. The van der Waals surface area contributed by atoms with Gasteiger partial charge in [-0.25, -0.2) is 0 Å². The second kappa shape index (κ2) is 10.5. The number of hydrogen-bond donors (Lipinski definition) is 0. The highest BCUT2D eigenvalue weighted by atomic mass is 35.5. The first-order chi connectivity index (χ1) is 16.1. The summed E-state index contributed by atoms with van der Waals surface area (Å²) >= 11 is 6.13. The topological polar surface area (TPSA) is 12.5 Å². The summed E-state index contributed by atoms with van der Waals surface area (Å²) in [5, 5.41) is 0.780. The molecule has 0 radical (unpaired) electrons. The molecular weight excluding hydrogens is 459 g/mol. The minimum absolute atomic E-state index is 0.0394. The third-order valence-electron chi connectivity index (χ3n) is 7.81. The average molecular weight is 494 g/mol. The summed E-state index contributed by atoms with van der Waals surface area (Å²) in [6, 6.07) is 13.5. The smallest absolute Gasteiger partial charge is 0.416 e. The summed E-state index contributed by atoms with van der Waals surface area (Å²) in [6.07, 6.45) is 5.18. The molecule has 0 heterocycles. The van der Waals surface area contributed by atoms with Crippen molar-refractivity contribution in [3.63, 3.8) is 0 Å². The van der Waals surface area contributed by atoms with Crippen LogP contribution >= 0.6 is 11.6 Å². The number of rotatable bonds is 8. The number of halogens is 4. The first-order valence-electron chi connectivity index (χ1n) is 12.4. The van der Waals surface area contributed by atoms with Crippen molar-refractivity contribution in [2.45, 2.75) is 69.1 Å². The van der Waals surface area contributed by atoms with Crippen molar-refractivity contribution < 1.29 is 17.9 Å². The van der Waals surface area contributed by atoms with E-state index in [1.165, 1.54) is 56.2 Å². The Labute approximate surface area is 206 Å². The van der Waals surface area contributed by atoms with Crippen LogP contribution in [0.4, 0.5) is 13.2 Å². The van der Waals surface area contributed by atoms with Gasteiger partial charge in [-0.15, -0.1) is 0 Å². The number of likely N-dealkylation sites (N-methyl/N-ethyl adjacent to an activating group) is 1. The number of ether oxygens (including phenoxy) is 1. The first-order valence-corrected chi connectivity index (χ1v) is 12.8. The van der Waals surface area contributed by atoms with Crippen molar-refractivity contribution in [1.29, 1.82) is 0 Å². The molecule has 3 unspecified atom stereocenters. The van der Waals surface area contributed by atoms with Crippen LogP contribution in [0.15, 0.2) is 48.5 Å². The SMILES string of the molecule is CN(C)CC(Oc1ccc(C(F)(F)F)cc1)C1CCCC(CC2(c3ccc(Cl)cc3)CCC2)C1. The Bertz CT molecular complexity index is 922. The van der Waals surface area contributed by atoms with Crippen LogP contribution in [0.5, 0.6) is 5.75 Å². The molecule has 0 N–H and O–H groups in total. The second-order valence-corrected chi connectivity index (χ2v) is 11.0. The second-order valence-electron chi connectivity index (χ2n) is 10.6. The van der Waals surface area contributed by atoms with Gasteiger partial charge in [0.15, 0.2) is 0 Å². The minimum Gasteiger partial charge on any atom is -0.489 e. The fourth-order valence-electron chi connectivity index (χ4n) is 5.97. The van der Waals surface area contributed by atoms with Crippen LogP contribution in [0.25, 0.3) is 0 Å². The van der Waals surface area contributed by atoms with Gasteiger partial charge in [0.1, 0.15) is 11.9 Å². The zero-order valence-electron chi connectivity index (χ0n) is 20.1. The molecule has 186 valence electrons. The molecule has 2 nitrogen and oxygen atoms in total.